The number of phenols is 2. The molecule has 0 aromatic heterocycles. The van der Waals surface area contributed by atoms with Crippen LogP contribution in [0.5, 0.6) is 11.5 Å². The van der Waals surface area contributed by atoms with Crippen molar-refractivity contribution in [2.24, 2.45) is 10.2 Å². The molecule has 0 saturated heterocycles. The Bertz CT molecular complexity index is 592. The van der Waals surface area contributed by atoms with Crippen molar-refractivity contribution in [3.05, 3.63) is 54.6 Å². The summed E-state index contributed by atoms with van der Waals surface area (Å²) in [7, 11) is 0. The summed E-state index contributed by atoms with van der Waals surface area (Å²) in [5.74, 6) is -0.175. The smallest absolute Gasteiger partial charge is 0.154 e. The lowest BCUT2D eigenvalue weighted by Gasteiger charge is -2.04. The van der Waals surface area contributed by atoms with Crippen molar-refractivity contribution in [3.8, 4) is 11.5 Å². The molecule has 0 spiro atoms. The fourth-order valence-electron chi connectivity index (χ4n) is 1.47. The van der Waals surface area contributed by atoms with Crippen molar-refractivity contribution in [1.29, 1.82) is 0 Å². The lowest BCUT2D eigenvalue weighted by molar-refractivity contribution is 0.449. The second-order valence-corrected chi connectivity index (χ2v) is 3.61. The number of azo groups is 1. The molecule has 0 radical (unpaired) electrons. The first-order chi connectivity index (χ1) is 8.72. The normalized spacial score (nSPS) is 10.7. The molecular weight excluding hydrogens is 228 g/mol. The van der Waals surface area contributed by atoms with Gasteiger partial charge in [-0.15, -0.1) is 5.11 Å². The van der Waals surface area contributed by atoms with E-state index in [-0.39, 0.29) is 22.7 Å². The summed E-state index contributed by atoms with van der Waals surface area (Å²) in [6, 6.07) is 12.1. The Labute approximate surface area is 105 Å². The molecule has 0 unspecified atom stereocenters. The van der Waals surface area contributed by atoms with Crippen LogP contribution in [0.1, 0.15) is 5.56 Å². The van der Waals surface area contributed by atoms with Crippen molar-refractivity contribution >= 4 is 17.5 Å². The maximum Gasteiger partial charge on any atom is 0.154 e. The van der Waals surface area contributed by atoms with Crippen LogP contribution in [0.2, 0.25) is 0 Å². The molecule has 90 valence electrons. The largest absolute Gasteiger partial charge is 0.507 e. The summed E-state index contributed by atoms with van der Waals surface area (Å²) in [6.07, 6.45) is 1.37. The quantitative estimate of drug-likeness (QED) is 0.791. The predicted octanol–water partition coefficient (Wildman–Crippen LogP) is 4.16. The summed E-state index contributed by atoms with van der Waals surface area (Å²) >= 11 is 0. The summed E-state index contributed by atoms with van der Waals surface area (Å²) in [5.41, 5.74) is 1.22. The number of rotatable bonds is 3. The van der Waals surface area contributed by atoms with Gasteiger partial charge in [-0.2, -0.15) is 5.11 Å². The summed E-state index contributed by atoms with van der Waals surface area (Å²) < 4.78 is 0. The van der Waals surface area contributed by atoms with Crippen LogP contribution in [0.15, 0.2) is 59.3 Å². The van der Waals surface area contributed by atoms with Gasteiger partial charge in [0.2, 0.25) is 0 Å². The second kappa shape index (κ2) is 5.14. The Balaban J connectivity index is 2.36. The van der Waals surface area contributed by atoms with Gasteiger partial charge in [0.15, 0.2) is 5.75 Å². The molecule has 4 heteroatoms. The van der Waals surface area contributed by atoms with E-state index in [0.29, 0.717) is 5.69 Å². The molecule has 0 aliphatic carbocycles. The average molecular weight is 240 g/mol. The van der Waals surface area contributed by atoms with Gasteiger partial charge in [-0.05, 0) is 24.3 Å². The van der Waals surface area contributed by atoms with Gasteiger partial charge in [-0.25, -0.2) is 0 Å². The highest BCUT2D eigenvalue weighted by molar-refractivity contribution is 5.70. The van der Waals surface area contributed by atoms with Gasteiger partial charge in [-0.1, -0.05) is 30.9 Å². The van der Waals surface area contributed by atoms with Gasteiger partial charge in [0.1, 0.15) is 11.4 Å². The molecule has 0 atom stereocenters. The van der Waals surface area contributed by atoms with Gasteiger partial charge < -0.3 is 10.2 Å². The highest BCUT2D eigenvalue weighted by Crippen LogP contribution is 2.37. The third-order valence-electron chi connectivity index (χ3n) is 2.41. The zero-order valence-electron chi connectivity index (χ0n) is 9.61. The fraction of sp³-hybridized carbons (Fsp3) is 0. The van der Waals surface area contributed by atoms with E-state index in [9.17, 15) is 10.2 Å². The Morgan fingerprint density at radius 2 is 1.67 bits per heavy atom. The zero-order chi connectivity index (χ0) is 13.0. The molecule has 0 aliphatic rings. The second-order valence-electron chi connectivity index (χ2n) is 3.61. The van der Waals surface area contributed by atoms with Crippen LogP contribution >= 0.6 is 0 Å². The van der Waals surface area contributed by atoms with Crippen molar-refractivity contribution in [2.45, 2.75) is 0 Å². The number of hydrogen-bond donors (Lipinski definition) is 2. The number of benzene rings is 2. The zero-order valence-corrected chi connectivity index (χ0v) is 9.61. The molecule has 0 fully saturated rings. The van der Waals surface area contributed by atoms with E-state index in [2.05, 4.69) is 16.8 Å². The first-order valence-electron chi connectivity index (χ1n) is 5.36. The summed E-state index contributed by atoms with van der Waals surface area (Å²) in [6.45, 7) is 3.52. The third kappa shape index (κ3) is 2.38. The standard InChI is InChI=1S/C14H12N2O2/c1-2-11-13(17)9-8-12(14(11)18)16-15-10-6-4-3-5-7-10/h2-9,17-18H,1H2. The minimum atomic E-state index is -0.135. The first kappa shape index (κ1) is 11.9. The molecule has 18 heavy (non-hydrogen) atoms. The van der Waals surface area contributed by atoms with E-state index in [0.717, 1.165) is 0 Å². The SMILES string of the molecule is C=Cc1c(O)ccc(N=Nc2ccccc2)c1O. The molecule has 2 aromatic carbocycles. The number of phenolic OH excluding ortho intramolecular Hbond substituents is 2. The average Bonchev–Trinajstić information content (AvgIpc) is 2.40. The monoisotopic (exact) mass is 240 g/mol. The van der Waals surface area contributed by atoms with Gasteiger partial charge in [-0.3, -0.25) is 0 Å². The maximum atomic E-state index is 9.86. The van der Waals surface area contributed by atoms with Crippen molar-refractivity contribution in [3.63, 3.8) is 0 Å². The van der Waals surface area contributed by atoms with Crippen LogP contribution in [0.4, 0.5) is 11.4 Å². The maximum absolute atomic E-state index is 9.86. The number of hydrogen-bond acceptors (Lipinski definition) is 4. The summed E-state index contributed by atoms with van der Waals surface area (Å²) in [4.78, 5) is 0. The molecule has 2 rings (SSSR count). The fourth-order valence-corrected chi connectivity index (χ4v) is 1.47. The minimum absolute atomic E-state index is 0.0406. The molecule has 2 aromatic rings. The lowest BCUT2D eigenvalue weighted by atomic mass is 10.1. The minimum Gasteiger partial charge on any atom is -0.507 e. The van der Waals surface area contributed by atoms with E-state index in [1.165, 1.54) is 18.2 Å². The van der Waals surface area contributed by atoms with Gasteiger partial charge in [0.25, 0.3) is 0 Å². The van der Waals surface area contributed by atoms with Crippen molar-refractivity contribution in [2.75, 3.05) is 0 Å². The molecule has 2 N–H and O–H groups in total. The van der Waals surface area contributed by atoms with Crippen LogP contribution in [-0.4, -0.2) is 10.2 Å². The molecule has 0 heterocycles. The Hall–Kier alpha value is -2.62. The predicted molar refractivity (Wildman–Crippen MR) is 70.5 cm³/mol. The van der Waals surface area contributed by atoms with Crippen LogP contribution in [0.3, 0.4) is 0 Å². The van der Waals surface area contributed by atoms with Crippen LogP contribution in [0.25, 0.3) is 6.08 Å². The summed E-state index contributed by atoms with van der Waals surface area (Å²) in [5, 5.41) is 27.3. The molecule has 0 bridgehead atoms. The van der Waals surface area contributed by atoms with Crippen LogP contribution < -0.4 is 0 Å². The first-order valence-corrected chi connectivity index (χ1v) is 5.36. The van der Waals surface area contributed by atoms with E-state index < -0.39 is 0 Å². The van der Waals surface area contributed by atoms with Gasteiger partial charge in [0.05, 0.1) is 11.3 Å². The molecular formula is C14H12N2O2. The molecule has 4 nitrogen and oxygen atoms in total. The van der Waals surface area contributed by atoms with Gasteiger partial charge in [0, 0.05) is 0 Å². The van der Waals surface area contributed by atoms with Gasteiger partial charge >= 0.3 is 0 Å². The highest BCUT2D eigenvalue weighted by atomic mass is 16.3. The van der Waals surface area contributed by atoms with Crippen molar-refractivity contribution < 1.29 is 10.2 Å². The Morgan fingerprint density at radius 1 is 0.944 bits per heavy atom. The van der Waals surface area contributed by atoms with E-state index in [4.69, 9.17) is 0 Å². The van der Waals surface area contributed by atoms with Crippen LogP contribution in [0, 0.1) is 0 Å². The Morgan fingerprint density at radius 3 is 2.33 bits per heavy atom. The topological polar surface area (TPSA) is 65.2 Å². The molecule has 0 aliphatic heterocycles. The third-order valence-corrected chi connectivity index (χ3v) is 2.41. The highest BCUT2D eigenvalue weighted by Gasteiger charge is 2.08. The van der Waals surface area contributed by atoms with E-state index >= 15 is 0 Å². The van der Waals surface area contributed by atoms with Crippen LogP contribution in [-0.2, 0) is 0 Å². The van der Waals surface area contributed by atoms with E-state index in [1.807, 2.05) is 18.2 Å². The molecule has 0 amide bonds. The Kier molecular flexibility index (Phi) is 3.38. The van der Waals surface area contributed by atoms with Crippen molar-refractivity contribution in [1.82, 2.24) is 0 Å². The number of aromatic hydroxyl groups is 2. The lowest BCUT2D eigenvalue weighted by Crippen LogP contribution is -1.77. The number of nitrogens with zero attached hydrogens (tertiary/aromatic N) is 2. The van der Waals surface area contributed by atoms with E-state index in [1.54, 1.807) is 12.1 Å². The molecule has 0 saturated carbocycles.